The van der Waals surface area contributed by atoms with Gasteiger partial charge in [0.05, 0.1) is 6.10 Å². The summed E-state index contributed by atoms with van der Waals surface area (Å²) in [5, 5.41) is 26.5. The number of fused-ring (bicyclic) bond motifs is 1. The fourth-order valence-electron chi connectivity index (χ4n) is 7.64. The molecule has 2 fully saturated rings. The summed E-state index contributed by atoms with van der Waals surface area (Å²) in [4.78, 5) is 44.9. The van der Waals surface area contributed by atoms with E-state index in [0.29, 0.717) is 24.0 Å². The molecule has 9 unspecified atom stereocenters. The predicted molar refractivity (Wildman–Crippen MR) is 159 cm³/mol. The van der Waals surface area contributed by atoms with E-state index in [1.807, 2.05) is 56.5 Å². The van der Waals surface area contributed by atoms with Gasteiger partial charge in [-0.3, -0.25) is 14.4 Å². The second-order valence-electron chi connectivity index (χ2n) is 12.1. The number of para-hydroxylation sites is 1. The number of aliphatic hydroxyl groups is 2. The zero-order valence-electron chi connectivity index (χ0n) is 24.1. The Morgan fingerprint density at radius 1 is 1.15 bits per heavy atom. The molecule has 0 bridgehead atoms. The minimum Gasteiger partial charge on any atom is -0.388 e. The summed E-state index contributed by atoms with van der Waals surface area (Å²) < 4.78 is 0. The smallest absolute Gasteiger partial charge is 0.235 e. The molecule has 1 saturated carbocycles. The first-order valence-electron chi connectivity index (χ1n) is 14.6. The average molecular weight is 557 g/mol. The summed E-state index contributed by atoms with van der Waals surface area (Å²) in [7, 11) is 0. The summed E-state index contributed by atoms with van der Waals surface area (Å²) in [5.74, 6) is -3.49. The number of nitrogens with one attached hydrogen (secondary N) is 2. The number of rotatable bonds is 3. The van der Waals surface area contributed by atoms with Crippen molar-refractivity contribution in [3.63, 3.8) is 0 Å². The third kappa shape index (κ3) is 4.56. The normalized spacial score (nSPS) is 38.0. The zero-order chi connectivity index (χ0) is 29.6. The number of hydrogen-bond donors (Lipinski definition) is 4. The van der Waals surface area contributed by atoms with Crippen molar-refractivity contribution in [2.75, 3.05) is 0 Å². The Hall–Kier alpha value is -3.55. The van der Waals surface area contributed by atoms with Crippen LogP contribution in [0.5, 0.6) is 0 Å². The molecule has 5 rings (SSSR count). The van der Waals surface area contributed by atoms with Crippen LogP contribution in [0.15, 0.2) is 78.6 Å². The van der Waals surface area contributed by atoms with Crippen LogP contribution in [0.4, 0.5) is 0 Å². The highest BCUT2D eigenvalue weighted by Gasteiger charge is 2.69. The summed E-state index contributed by atoms with van der Waals surface area (Å²) >= 11 is 0. The zero-order valence-corrected chi connectivity index (χ0v) is 24.1. The average Bonchev–Trinajstić information content (AvgIpc) is 3.52. The molecule has 9 atom stereocenters. The van der Waals surface area contributed by atoms with Crippen molar-refractivity contribution < 1.29 is 24.6 Å². The Kier molecular flexibility index (Phi) is 7.79. The van der Waals surface area contributed by atoms with E-state index in [9.17, 15) is 24.6 Å². The number of aromatic nitrogens is 1. The van der Waals surface area contributed by atoms with Crippen LogP contribution in [0.1, 0.15) is 52.0 Å². The molecule has 2 heterocycles. The van der Waals surface area contributed by atoms with Crippen LogP contribution >= 0.6 is 0 Å². The lowest BCUT2D eigenvalue weighted by Crippen LogP contribution is -2.58. The van der Waals surface area contributed by atoms with Gasteiger partial charge in [-0.1, -0.05) is 63.8 Å². The molecule has 7 heteroatoms. The van der Waals surface area contributed by atoms with E-state index in [1.54, 1.807) is 13.0 Å². The number of aliphatic hydroxyl groups excluding tert-OH is 2. The van der Waals surface area contributed by atoms with Crippen LogP contribution < -0.4 is 5.32 Å². The van der Waals surface area contributed by atoms with Gasteiger partial charge < -0.3 is 20.5 Å². The highest BCUT2D eigenvalue weighted by molar-refractivity contribution is 6.15. The van der Waals surface area contributed by atoms with Gasteiger partial charge in [-0.2, -0.15) is 0 Å². The first kappa shape index (κ1) is 29.0. The monoisotopic (exact) mass is 556 g/mol. The van der Waals surface area contributed by atoms with Crippen LogP contribution in [0, 0.1) is 29.1 Å². The maximum absolute atomic E-state index is 14.4. The minimum atomic E-state index is -1.65. The summed E-state index contributed by atoms with van der Waals surface area (Å²) in [6.45, 7) is 12.0. The second-order valence-corrected chi connectivity index (χ2v) is 12.1. The standard InChI is InChI=1S/C34H40N2O5/c1-6-22-21(5)32(40)25-12-9-10-18(2)16-19(3)31(39)27(37)14-15-28(38)34(25)29(22)30(36-33(34)41)20(4)24-17-35-26-13-8-7-11-23(24)26/h7-9,11-18,20,22,25,29-32,35,39-40H,5-6,10H2,1-4H3,(H,36,41)/b12-9-,15-14-,19-16-. The molecule has 41 heavy (non-hydrogen) atoms. The van der Waals surface area contributed by atoms with Gasteiger partial charge in [0.1, 0.15) is 11.5 Å². The van der Waals surface area contributed by atoms with Gasteiger partial charge >= 0.3 is 0 Å². The van der Waals surface area contributed by atoms with E-state index in [2.05, 4.69) is 23.8 Å². The summed E-state index contributed by atoms with van der Waals surface area (Å²) in [6.07, 6.45) is 8.36. The van der Waals surface area contributed by atoms with E-state index < -0.39 is 53.0 Å². The molecule has 1 aromatic carbocycles. The van der Waals surface area contributed by atoms with Crippen LogP contribution in [0.25, 0.3) is 10.9 Å². The maximum Gasteiger partial charge on any atom is 0.235 e. The quantitative estimate of drug-likeness (QED) is 0.327. The van der Waals surface area contributed by atoms with E-state index in [4.69, 9.17) is 0 Å². The third-order valence-electron chi connectivity index (χ3n) is 9.74. The molecule has 7 nitrogen and oxygen atoms in total. The van der Waals surface area contributed by atoms with Crippen LogP contribution in [-0.2, 0) is 14.4 Å². The minimum absolute atomic E-state index is 0.0137. The van der Waals surface area contributed by atoms with Crippen LogP contribution in [0.3, 0.4) is 0 Å². The lowest BCUT2D eigenvalue weighted by atomic mass is 9.50. The van der Waals surface area contributed by atoms with Crippen molar-refractivity contribution >= 4 is 28.4 Å². The number of carbonyl (C=O) groups is 3. The van der Waals surface area contributed by atoms with Crippen molar-refractivity contribution in [2.24, 2.45) is 29.1 Å². The molecule has 1 amide bonds. The molecule has 0 radical (unpaired) electrons. The fraction of sp³-hybridized carbons (Fsp3) is 0.441. The second kappa shape index (κ2) is 11.0. The number of amides is 1. The Bertz CT molecular complexity index is 1480. The first-order valence-corrected chi connectivity index (χ1v) is 14.6. The van der Waals surface area contributed by atoms with Gasteiger partial charge in [-0.25, -0.2) is 0 Å². The van der Waals surface area contributed by atoms with E-state index in [-0.39, 0.29) is 17.8 Å². The topological polar surface area (TPSA) is 119 Å². The van der Waals surface area contributed by atoms with Crippen LogP contribution in [-0.4, -0.2) is 50.9 Å². The first-order chi connectivity index (χ1) is 19.5. The van der Waals surface area contributed by atoms with Crippen molar-refractivity contribution in [3.05, 3.63) is 84.1 Å². The lowest BCUT2D eigenvalue weighted by molar-refractivity contribution is -0.148. The van der Waals surface area contributed by atoms with Crippen molar-refractivity contribution in [2.45, 2.75) is 64.7 Å². The maximum atomic E-state index is 14.4. The Morgan fingerprint density at radius 3 is 2.61 bits per heavy atom. The highest BCUT2D eigenvalue weighted by Crippen LogP contribution is 2.59. The Labute approximate surface area is 241 Å². The number of allylic oxidation sites excluding steroid dienone is 3. The van der Waals surface area contributed by atoms with Crippen molar-refractivity contribution in [1.29, 1.82) is 0 Å². The number of hydrogen-bond acceptors (Lipinski definition) is 5. The van der Waals surface area contributed by atoms with E-state index in [0.717, 1.165) is 28.6 Å². The predicted octanol–water partition coefficient (Wildman–Crippen LogP) is 4.54. The van der Waals surface area contributed by atoms with Gasteiger partial charge in [0.15, 0.2) is 11.6 Å². The van der Waals surface area contributed by atoms with Crippen molar-refractivity contribution in [3.8, 4) is 0 Å². The molecule has 1 spiro atoms. The molecule has 1 saturated heterocycles. The molecule has 4 N–H and O–H groups in total. The Balaban J connectivity index is 1.69. The number of aromatic amines is 1. The number of ketones is 2. The van der Waals surface area contributed by atoms with Crippen LogP contribution in [0.2, 0.25) is 0 Å². The molecule has 2 aliphatic carbocycles. The molecular weight excluding hydrogens is 516 g/mol. The molecule has 2 aromatic rings. The number of benzene rings is 1. The summed E-state index contributed by atoms with van der Waals surface area (Å²) in [6, 6.07) is 7.55. The largest absolute Gasteiger partial charge is 0.388 e. The van der Waals surface area contributed by atoms with Gasteiger partial charge in [0, 0.05) is 40.9 Å². The molecular formula is C34H40N2O5. The van der Waals surface area contributed by atoms with Gasteiger partial charge in [-0.15, -0.1) is 0 Å². The van der Waals surface area contributed by atoms with Crippen molar-refractivity contribution in [1.82, 2.24) is 10.3 Å². The van der Waals surface area contributed by atoms with Gasteiger partial charge in [0.25, 0.3) is 0 Å². The van der Waals surface area contributed by atoms with E-state index in [1.165, 1.54) is 0 Å². The number of H-pyrrole nitrogens is 1. The van der Waals surface area contributed by atoms with E-state index >= 15 is 0 Å². The molecule has 216 valence electrons. The lowest BCUT2D eigenvalue weighted by Gasteiger charge is -2.50. The highest BCUT2D eigenvalue weighted by atomic mass is 16.3. The Morgan fingerprint density at radius 2 is 1.88 bits per heavy atom. The SMILES string of the molecule is C=C1C(O)C2/C=C\CC(C)/C=C(/C)C(O)C(=O)/C=C\C(=O)C23C(=O)NC(C(C)c2c[nH]c4ccccc24)C3C1CC. The van der Waals surface area contributed by atoms with Gasteiger partial charge in [-0.05, 0) is 66.5 Å². The molecule has 3 aliphatic rings. The van der Waals surface area contributed by atoms with Gasteiger partial charge in [0.2, 0.25) is 5.91 Å². The molecule has 1 aromatic heterocycles. The fourth-order valence-corrected chi connectivity index (χ4v) is 7.64. The number of carbonyl (C=O) groups excluding carboxylic acids is 3. The summed E-state index contributed by atoms with van der Waals surface area (Å²) in [5.41, 5.74) is 1.49. The third-order valence-corrected chi connectivity index (χ3v) is 9.74. The molecule has 1 aliphatic heterocycles.